The molecule has 1 saturated heterocycles. The lowest BCUT2D eigenvalue weighted by Crippen LogP contribution is -1.77. The van der Waals surface area contributed by atoms with Crippen LogP contribution in [0.1, 0.15) is 0 Å². The van der Waals surface area contributed by atoms with Crippen molar-refractivity contribution in [1.29, 1.82) is 0 Å². The van der Waals surface area contributed by atoms with Crippen molar-refractivity contribution in [2.24, 2.45) is 0 Å². The zero-order valence-corrected chi connectivity index (χ0v) is 4.00. The first-order valence-corrected chi connectivity index (χ1v) is 2.29. The number of nitrogens with zero attached hydrogens (tertiary/aromatic N) is 1. The van der Waals surface area contributed by atoms with Gasteiger partial charge in [-0.1, -0.05) is 0 Å². The van der Waals surface area contributed by atoms with Crippen LogP contribution in [0.15, 0.2) is 12.3 Å². The molecule has 1 aliphatic heterocycles. The van der Waals surface area contributed by atoms with Gasteiger partial charge in [0.05, 0.1) is 0 Å². The lowest BCUT2D eigenvalue weighted by Gasteiger charge is -1.80. The van der Waals surface area contributed by atoms with Crippen molar-refractivity contribution in [3.63, 3.8) is 0 Å². The van der Waals surface area contributed by atoms with Crippen LogP contribution in [0, 0.1) is 0 Å². The van der Waals surface area contributed by atoms with E-state index in [0.29, 0.717) is 0 Å². The van der Waals surface area contributed by atoms with E-state index in [0.717, 1.165) is 19.4 Å². The van der Waals surface area contributed by atoms with E-state index in [1.165, 1.54) is 6.08 Å². The first-order chi connectivity index (χ1) is 3.43. The minimum Gasteiger partial charge on any atom is -0.374 e. The lowest BCUT2D eigenvalue weighted by atomic mass is 10.7. The maximum atomic E-state index is 9.62. The highest BCUT2D eigenvalue weighted by Gasteiger charge is 2.09. The molecule has 1 fully saturated rings. The van der Waals surface area contributed by atoms with Gasteiger partial charge >= 0.3 is 0 Å². The number of hydrogen-bond acceptors (Lipinski definition) is 2. The van der Waals surface area contributed by atoms with Gasteiger partial charge < -0.3 is 4.90 Å². The fourth-order valence-electron chi connectivity index (χ4n) is 0.364. The zero-order valence-electron chi connectivity index (χ0n) is 4.00. The highest BCUT2D eigenvalue weighted by Crippen LogP contribution is 2.01. The minimum atomic E-state index is 0.790. The van der Waals surface area contributed by atoms with Gasteiger partial charge in [0.25, 0.3) is 0 Å². The summed E-state index contributed by atoms with van der Waals surface area (Å²) in [6.07, 6.45) is 4.10. The molecule has 1 rings (SSSR count). The average molecular weight is 97.1 g/mol. The van der Waals surface area contributed by atoms with E-state index in [-0.39, 0.29) is 0 Å². The first-order valence-electron chi connectivity index (χ1n) is 2.29. The van der Waals surface area contributed by atoms with E-state index in [1.54, 1.807) is 6.20 Å². The Morgan fingerprint density at radius 2 is 2.14 bits per heavy atom. The summed E-state index contributed by atoms with van der Waals surface area (Å²) in [7, 11) is 0. The molecule has 0 saturated carbocycles. The third kappa shape index (κ3) is 1.39. The second-order valence-electron chi connectivity index (χ2n) is 1.51. The second kappa shape index (κ2) is 1.78. The molecule has 0 aromatic carbocycles. The second-order valence-corrected chi connectivity index (χ2v) is 1.51. The Morgan fingerprint density at radius 1 is 1.43 bits per heavy atom. The van der Waals surface area contributed by atoms with Crippen molar-refractivity contribution < 1.29 is 4.79 Å². The van der Waals surface area contributed by atoms with Crippen LogP contribution in [-0.4, -0.2) is 24.3 Å². The SMILES string of the molecule is O=CC=CN1CC1. The molecular weight excluding hydrogens is 90.1 g/mol. The summed E-state index contributed by atoms with van der Waals surface area (Å²) in [6.45, 7) is 2.23. The molecule has 0 spiro atoms. The van der Waals surface area contributed by atoms with Crippen molar-refractivity contribution in [1.82, 2.24) is 4.90 Å². The van der Waals surface area contributed by atoms with Crippen molar-refractivity contribution >= 4 is 6.29 Å². The molecule has 0 aliphatic carbocycles. The number of rotatable bonds is 2. The van der Waals surface area contributed by atoms with Crippen LogP contribution in [0.3, 0.4) is 0 Å². The van der Waals surface area contributed by atoms with Crippen LogP contribution in [0.4, 0.5) is 0 Å². The fourth-order valence-corrected chi connectivity index (χ4v) is 0.364. The summed E-state index contributed by atoms with van der Waals surface area (Å²) < 4.78 is 0. The van der Waals surface area contributed by atoms with Gasteiger partial charge in [0, 0.05) is 19.3 Å². The molecule has 0 aromatic rings. The van der Waals surface area contributed by atoms with Crippen molar-refractivity contribution in [2.75, 3.05) is 13.1 Å². The summed E-state index contributed by atoms with van der Waals surface area (Å²) in [5.74, 6) is 0. The van der Waals surface area contributed by atoms with E-state index in [9.17, 15) is 4.79 Å². The monoisotopic (exact) mass is 97.1 g/mol. The van der Waals surface area contributed by atoms with E-state index < -0.39 is 0 Å². The van der Waals surface area contributed by atoms with E-state index in [1.807, 2.05) is 0 Å². The van der Waals surface area contributed by atoms with Gasteiger partial charge in [-0.15, -0.1) is 0 Å². The van der Waals surface area contributed by atoms with E-state index in [4.69, 9.17) is 0 Å². The van der Waals surface area contributed by atoms with Gasteiger partial charge in [0.15, 0.2) is 0 Å². The lowest BCUT2D eigenvalue weighted by molar-refractivity contribution is -0.104. The molecule has 0 radical (unpaired) electrons. The van der Waals surface area contributed by atoms with E-state index >= 15 is 0 Å². The summed E-state index contributed by atoms with van der Waals surface area (Å²) in [5, 5.41) is 0. The predicted octanol–water partition coefficient (Wildman–Crippen LogP) is 0.0146. The number of carbonyl (C=O) groups excluding carboxylic acids is 1. The average Bonchev–Trinajstić information content (AvgIpc) is 2.42. The molecule has 2 heteroatoms. The van der Waals surface area contributed by atoms with Gasteiger partial charge in [-0.05, 0) is 6.08 Å². The van der Waals surface area contributed by atoms with Gasteiger partial charge in [-0.25, -0.2) is 0 Å². The molecular formula is C5H7NO. The number of allylic oxidation sites excluding steroid dienone is 1. The molecule has 7 heavy (non-hydrogen) atoms. The fraction of sp³-hybridized carbons (Fsp3) is 0.400. The number of carbonyl (C=O) groups is 1. The smallest absolute Gasteiger partial charge is 0.144 e. The maximum Gasteiger partial charge on any atom is 0.144 e. The van der Waals surface area contributed by atoms with Crippen LogP contribution < -0.4 is 0 Å². The Hall–Kier alpha value is -0.790. The van der Waals surface area contributed by atoms with Gasteiger partial charge in [-0.3, -0.25) is 4.79 Å². The number of aldehydes is 1. The molecule has 2 nitrogen and oxygen atoms in total. The topological polar surface area (TPSA) is 20.1 Å². The number of hydrogen-bond donors (Lipinski definition) is 0. The molecule has 0 unspecified atom stereocenters. The quantitative estimate of drug-likeness (QED) is 0.275. The highest BCUT2D eigenvalue weighted by atomic mass is 16.1. The predicted molar refractivity (Wildman–Crippen MR) is 26.8 cm³/mol. The van der Waals surface area contributed by atoms with Gasteiger partial charge in [0.1, 0.15) is 6.29 Å². The van der Waals surface area contributed by atoms with Crippen molar-refractivity contribution in [3.05, 3.63) is 12.3 Å². The van der Waals surface area contributed by atoms with Crippen LogP contribution >= 0.6 is 0 Å². The summed E-state index contributed by atoms with van der Waals surface area (Å²) in [6, 6.07) is 0. The third-order valence-corrected chi connectivity index (χ3v) is 0.857. The molecule has 1 aliphatic rings. The summed E-state index contributed by atoms with van der Waals surface area (Å²) >= 11 is 0. The Kier molecular flexibility index (Phi) is 1.11. The largest absolute Gasteiger partial charge is 0.374 e. The Balaban J connectivity index is 2.17. The molecule has 38 valence electrons. The third-order valence-electron chi connectivity index (χ3n) is 0.857. The Bertz CT molecular complexity index is 94.3. The van der Waals surface area contributed by atoms with Gasteiger partial charge in [-0.2, -0.15) is 0 Å². The Labute approximate surface area is 42.4 Å². The van der Waals surface area contributed by atoms with Crippen LogP contribution in [0.2, 0.25) is 0 Å². The maximum absolute atomic E-state index is 9.62. The van der Waals surface area contributed by atoms with Crippen molar-refractivity contribution in [2.45, 2.75) is 0 Å². The summed E-state index contributed by atoms with van der Waals surface area (Å²) in [5.41, 5.74) is 0. The molecule has 0 aromatic heterocycles. The molecule has 0 bridgehead atoms. The van der Waals surface area contributed by atoms with Crippen molar-refractivity contribution in [3.8, 4) is 0 Å². The van der Waals surface area contributed by atoms with Crippen LogP contribution in [-0.2, 0) is 4.79 Å². The molecule has 1 heterocycles. The molecule has 0 amide bonds. The zero-order chi connectivity index (χ0) is 5.11. The minimum absolute atomic E-state index is 0.790. The molecule has 0 atom stereocenters. The van der Waals surface area contributed by atoms with Gasteiger partial charge in [0.2, 0.25) is 0 Å². The molecule has 0 N–H and O–H groups in total. The Morgan fingerprint density at radius 3 is 2.57 bits per heavy atom. The summed E-state index contributed by atoms with van der Waals surface area (Å²) in [4.78, 5) is 11.7. The van der Waals surface area contributed by atoms with Crippen LogP contribution in [0.5, 0.6) is 0 Å². The normalized spacial score (nSPS) is 18.0. The van der Waals surface area contributed by atoms with Crippen LogP contribution in [0.25, 0.3) is 0 Å². The van der Waals surface area contributed by atoms with E-state index in [2.05, 4.69) is 4.90 Å². The first kappa shape index (κ1) is 4.37. The standard InChI is InChI=1S/C5H7NO/c7-5-1-2-6-3-4-6/h1-2,5H,3-4H2. The highest BCUT2D eigenvalue weighted by molar-refractivity contribution is 5.64.